The predicted molar refractivity (Wildman–Crippen MR) is 97.6 cm³/mol. The van der Waals surface area contributed by atoms with Crippen LogP contribution < -0.4 is 5.32 Å². The summed E-state index contributed by atoms with van der Waals surface area (Å²) in [5.41, 5.74) is 0.108. The third kappa shape index (κ3) is 4.11. The van der Waals surface area contributed by atoms with Gasteiger partial charge >= 0.3 is 0 Å². The van der Waals surface area contributed by atoms with E-state index in [1.807, 2.05) is 0 Å². The zero-order valence-corrected chi connectivity index (χ0v) is 15.6. The number of hydrogen-bond donors (Lipinski definition) is 1. The third-order valence-electron chi connectivity index (χ3n) is 5.21. The summed E-state index contributed by atoms with van der Waals surface area (Å²) in [5.74, 6) is 1.01. The molecule has 4 rings (SSSR count). The van der Waals surface area contributed by atoms with E-state index in [0.29, 0.717) is 13.1 Å². The molecule has 0 saturated carbocycles. The Kier molecular flexibility index (Phi) is 6.06. The van der Waals surface area contributed by atoms with Gasteiger partial charge in [0.25, 0.3) is 0 Å². The number of fused-ring (bicyclic) bond motifs is 1. The van der Waals surface area contributed by atoms with Crippen LogP contribution in [0.5, 0.6) is 0 Å². The number of rotatable bonds is 3. The van der Waals surface area contributed by atoms with E-state index in [2.05, 4.69) is 20.1 Å². The van der Waals surface area contributed by atoms with Crippen LogP contribution in [-0.2, 0) is 24.3 Å². The van der Waals surface area contributed by atoms with E-state index in [0.717, 1.165) is 62.3 Å². The van der Waals surface area contributed by atoms with Gasteiger partial charge in [0, 0.05) is 37.7 Å². The van der Waals surface area contributed by atoms with Crippen LogP contribution in [-0.4, -0.2) is 45.2 Å². The normalized spacial score (nSPS) is 17.3. The Labute approximate surface area is 162 Å². The highest BCUT2D eigenvalue weighted by molar-refractivity contribution is 5.85. The number of piperidine rings is 1. The molecule has 0 unspecified atom stereocenters. The van der Waals surface area contributed by atoms with Gasteiger partial charge in [-0.1, -0.05) is 0 Å². The van der Waals surface area contributed by atoms with Crippen LogP contribution in [0, 0.1) is 11.6 Å². The maximum atomic E-state index is 13.7. The minimum Gasteiger partial charge on any atom is -0.342 e. The maximum absolute atomic E-state index is 13.7. The van der Waals surface area contributed by atoms with Crippen LogP contribution in [0.4, 0.5) is 8.78 Å². The molecule has 3 heterocycles. The first kappa shape index (κ1) is 19.7. The van der Waals surface area contributed by atoms with Crippen molar-refractivity contribution in [2.24, 2.45) is 0 Å². The SMILES string of the molecule is Cl.O=C(Cc1cc(F)ccc1F)N1CCC(c2nnc3n2CCNC3)CC1. The Morgan fingerprint density at radius 3 is 2.74 bits per heavy atom. The Hall–Kier alpha value is -2.06. The highest BCUT2D eigenvalue weighted by Crippen LogP contribution is 2.28. The first-order chi connectivity index (χ1) is 12.6. The number of halogens is 3. The molecule has 27 heavy (non-hydrogen) atoms. The van der Waals surface area contributed by atoms with Crippen LogP contribution in [0.3, 0.4) is 0 Å². The molecular formula is C18H22ClF2N5O. The monoisotopic (exact) mass is 397 g/mol. The van der Waals surface area contributed by atoms with E-state index in [1.54, 1.807) is 4.90 Å². The van der Waals surface area contributed by atoms with Crippen LogP contribution in [0.15, 0.2) is 18.2 Å². The number of likely N-dealkylation sites (tertiary alicyclic amines) is 1. The Morgan fingerprint density at radius 2 is 1.96 bits per heavy atom. The first-order valence-corrected chi connectivity index (χ1v) is 8.96. The fraction of sp³-hybridized carbons (Fsp3) is 0.500. The molecule has 1 saturated heterocycles. The second kappa shape index (κ2) is 8.31. The molecule has 1 N–H and O–H groups in total. The Balaban J connectivity index is 0.00000210. The lowest BCUT2D eigenvalue weighted by atomic mass is 9.95. The number of amides is 1. The topological polar surface area (TPSA) is 63.1 Å². The second-order valence-corrected chi connectivity index (χ2v) is 6.87. The lowest BCUT2D eigenvalue weighted by Crippen LogP contribution is -2.39. The van der Waals surface area contributed by atoms with E-state index in [-0.39, 0.29) is 36.2 Å². The summed E-state index contributed by atoms with van der Waals surface area (Å²) >= 11 is 0. The molecule has 1 amide bonds. The van der Waals surface area contributed by atoms with Gasteiger partial charge in [-0.25, -0.2) is 8.78 Å². The van der Waals surface area contributed by atoms with Crippen molar-refractivity contribution in [1.29, 1.82) is 0 Å². The van der Waals surface area contributed by atoms with Gasteiger partial charge in [0.05, 0.1) is 13.0 Å². The van der Waals surface area contributed by atoms with Crippen molar-refractivity contribution < 1.29 is 13.6 Å². The number of benzene rings is 1. The smallest absolute Gasteiger partial charge is 0.227 e. The van der Waals surface area contributed by atoms with Crippen molar-refractivity contribution in [1.82, 2.24) is 25.0 Å². The van der Waals surface area contributed by atoms with Crippen molar-refractivity contribution in [2.75, 3.05) is 19.6 Å². The summed E-state index contributed by atoms with van der Waals surface area (Å²) in [4.78, 5) is 14.2. The number of aromatic nitrogens is 3. The molecule has 1 aromatic heterocycles. The van der Waals surface area contributed by atoms with Crippen molar-refractivity contribution >= 4 is 18.3 Å². The van der Waals surface area contributed by atoms with E-state index in [4.69, 9.17) is 0 Å². The van der Waals surface area contributed by atoms with Gasteiger partial charge in [-0.05, 0) is 31.0 Å². The second-order valence-electron chi connectivity index (χ2n) is 6.87. The van der Waals surface area contributed by atoms with Gasteiger partial charge in [0.15, 0.2) is 0 Å². The van der Waals surface area contributed by atoms with Crippen molar-refractivity contribution in [2.45, 2.75) is 38.3 Å². The van der Waals surface area contributed by atoms with Crippen molar-refractivity contribution in [3.8, 4) is 0 Å². The number of nitrogens with one attached hydrogen (secondary N) is 1. The molecule has 0 bridgehead atoms. The molecule has 0 radical (unpaired) electrons. The molecular weight excluding hydrogens is 376 g/mol. The molecule has 0 aliphatic carbocycles. The molecule has 2 aliphatic rings. The summed E-state index contributed by atoms with van der Waals surface area (Å²) in [7, 11) is 0. The Morgan fingerprint density at radius 1 is 1.19 bits per heavy atom. The maximum Gasteiger partial charge on any atom is 0.227 e. The number of hydrogen-bond acceptors (Lipinski definition) is 4. The average Bonchev–Trinajstić information content (AvgIpc) is 3.09. The highest BCUT2D eigenvalue weighted by atomic mass is 35.5. The van der Waals surface area contributed by atoms with Gasteiger partial charge in [-0.2, -0.15) is 0 Å². The first-order valence-electron chi connectivity index (χ1n) is 8.96. The summed E-state index contributed by atoms with van der Waals surface area (Å²) in [6, 6.07) is 3.22. The number of carbonyl (C=O) groups is 1. The van der Waals surface area contributed by atoms with Gasteiger partial charge in [-0.3, -0.25) is 4.79 Å². The molecule has 2 aliphatic heterocycles. The molecule has 6 nitrogen and oxygen atoms in total. The summed E-state index contributed by atoms with van der Waals surface area (Å²) in [6.07, 6.45) is 1.51. The zero-order valence-electron chi connectivity index (χ0n) is 14.8. The largest absolute Gasteiger partial charge is 0.342 e. The molecule has 1 aromatic carbocycles. The average molecular weight is 398 g/mol. The Bertz CT molecular complexity index is 820. The molecule has 146 valence electrons. The third-order valence-corrected chi connectivity index (χ3v) is 5.21. The number of carbonyl (C=O) groups excluding carboxylic acids is 1. The van der Waals surface area contributed by atoms with Crippen molar-refractivity contribution in [3.63, 3.8) is 0 Å². The standard InChI is InChI=1S/C18H21F2N5O.ClH/c19-14-1-2-15(20)13(9-14)10-17(26)24-6-3-12(4-7-24)18-23-22-16-11-21-5-8-25(16)18;/h1-2,9,12,21H,3-8,10-11H2;1H. The summed E-state index contributed by atoms with van der Waals surface area (Å²) < 4.78 is 29.2. The van der Waals surface area contributed by atoms with Crippen LogP contribution in [0.1, 0.15) is 36.0 Å². The van der Waals surface area contributed by atoms with Crippen LogP contribution >= 0.6 is 12.4 Å². The lowest BCUT2D eigenvalue weighted by Gasteiger charge is -2.32. The minimum absolute atomic E-state index is 0. The van der Waals surface area contributed by atoms with Gasteiger partial charge in [-0.15, -0.1) is 22.6 Å². The summed E-state index contributed by atoms with van der Waals surface area (Å²) in [5, 5.41) is 11.9. The fourth-order valence-corrected chi connectivity index (χ4v) is 3.76. The van der Waals surface area contributed by atoms with Gasteiger partial charge in [0.2, 0.25) is 5.91 Å². The van der Waals surface area contributed by atoms with E-state index < -0.39 is 11.6 Å². The number of nitrogens with zero attached hydrogens (tertiary/aromatic N) is 4. The lowest BCUT2D eigenvalue weighted by molar-refractivity contribution is -0.131. The van der Waals surface area contributed by atoms with Gasteiger partial charge < -0.3 is 14.8 Å². The van der Waals surface area contributed by atoms with E-state index in [1.165, 1.54) is 0 Å². The predicted octanol–water partition coefficient (Wildman–Crippen LogP) is 2.03. The van der Waals surface area contributed by atoms with E-state index >= 15 is 0 Å². The quantitative estimate of drug-likeness (QED) is 0.860. The van der Waals surface area contributed by atoms with Crippen molar-refractivity contribution in [3.05, 3.63) is 47.0 Å². The molecule has 2 aromatic rings. The molecule has 0 atom stereocenters. The van der Waals surface area contributed by atoms with Crippen LogP contribution in [0.2, 0.25) is 0 Å². The molecule has 0 spiro atoms. The van der Waals surface area contributed by atoms with E-state index in [9.17, 15) is 13.6 Å². The highest BCUT2D eigenvalue weighted by Gasteiger charge is 2.29. The fourth-order valence-electron chi connectivity index (χ4n) is 3.76. The zero-order chi connectivity index (χ0) is 18.1. The molecule has 9 heteroatoms. The van der Waals surface area contributed by atoms with Gasteiger partial charge in [0.1, 0.15) is 23.3 Å². The van der Waals surface area contributed by atoms with Crippen LogP contribution in [0.25, 0.3) is 0 Å². The summed E-state index contributed by atoms with van der Waals surface area (Å²) in [6.45, 7) is 3.72. The minimum atomic E-state index is -0.543. The molecule has 1 fully saturated rings.